The van der Waals surface area contributed by atoms with Crippen molar-refractivity contribution in [3.05, 3.63) is 52.6 Å². The Hall–Kier alpha value is -2.67. The second kappa shape index (κ2) is 8.43. The molecule has 0 saturated carbocycles. The van der Waals surface area contributed by atoms with Crippen LogP contribution in [-0.4, -0.2) is 21.3 Å². The van der Waals surface area contributed by atoms with Crippen LogP contribution in [0.1, 0.15) is 36.1 Å². The average Bonchev–Trinajstić information content (AvgIpc) is 2.62. The summed E-state index contributed by atoms with van der Waals surface area (Å²) < 4.78 is 16.9. The lowest BCUT2D eigenvalue weighted by molar-refractivity contribution is 0.360. The van der Waals surface area contributed by atoms with Gasteiger partial charge >= 0.3 is 0 Å². The maximum absolute atomic E-state index is 8.96. The molecule has 0 amide bonds. The molecule has 4 nitrogen and oxygen atoms in total. The summed E-state index contributed by atoms with van der Waals surface area (Å²) in [6.07, 6.45) is 1.52. The van der Waals surface area contributed by atoms with Crippen molar-refractivity contribution in [1.82, 2.24) is 0 Å². The molecule has 0 radical (unpaired) electrons. The third-order valence-electron chi connectivity index (χ3n) is 4.13. The molecule has 132 valence electrons. The van der Waals surface area contributed by atoms with Crippen molar-refractivity contribution >= 4 is 0 Å². The van der Waals surface area contributed by atoms with Gasteiger partial charge in [-0.25, -0.2) is 0 Å². The van der Waals surface area contributed by atoms with Gasteiger partial charge in [-0.15, -0.1) is 0 Å². The summed E-state index contributed by atoms with van der Waals surface area (Å²) in [5.41, 5.74) is 3.80. The van der Waals surface area contributed by atoms with E-state index in [4.69, 9.17) is 19.5 Å². The van der Waals surface area contributed by atoms with E-state index in [1.165, 1.54) is 0 Å². The summed E-state index contributed by atoms with van der Waals surface area (Å²) in [5.74, 6) is 2.81. The third kappa shape index (κ3) is 4.24. The van der Waals surface area contributed by atoms with Gasteiger partial charge < -0.3 is 14.2 Å². The zero-order valence-corrected chi connectivity index (χ0v) is 15.6. The van der Waals surface area contributed by atoms with Gasteiger partial charge in [0.1, 0.15) is 17.2 Å². The number of nitrogens with zero attached hydrogens (tertiary/aromatic N) is 1. The lowest BCUT2D eigenvalue weighted by Gasteiger charge is -2.21. The minimum absolute atomic E-state index is 0.471. The van der Waals surface area contributed by atoms with Gasteiger partial charge in [-0.1, -0.05) is 26.0 Å². The lowest BCUT2D eigenvalue weighted by Crippen LogP contribution is -2.06. The van der Waals surface area contributed by atoms with E-state index in [2.05, 4.69) is 19.9 Å². The number of ether oxygens (including phenoxy) is 3. The van der Waals surface area contributed by atoms with E-state index >= 15 is 0 Å². The highest BCUT2D eigenvalue weighted by Gasteiger charge is 2.21. The molecule has 0 N–H and O–H groups in total. The first-order valence-electron chi connectivity index (χ1n) is 8.33. The fourth-order valence-corrected chi connectivity index (χ4v) is 2.98. The van der Waals surface area contributed by atoms with Crippen molar-refractivity contribution in [3.8, 4) is 23.3 Å². The molecule has 0 saturated heterocycles. The fourth-order valence-electron chi connectivity index (χ4n) is 2.98. The summed E-state index contributed by atoms with van der Waals surface area (Å²) in [7, 11) is 5.00. The minimum Gasteiger partial charge on any atom is -0.496 e. The summed E-state index contributed by atoms with van der Waals surface area (Å²) >= 11 is 0. The van der Waals surface area contributed by atoms with Gasteiger partial charge in [-0.05, 0) is 30.0 Å². The second-order valence-electron chi connectivity index (χ2n) is 6.35. The van der Waals surface area contributed by atoms with Gasteiger partial charge in [0.05, 0.1) is 33.0 Å². The molecule has 25 heavy (non-hydrogen) atoms. The Morgan fingerprint density at radius 1 is 0.920 bits per heavy atom. The molecule has 0 aliphatic rings. The first-order valence-corrected chi connectivity index (χ1v) is 8.33. The van der Waals surface area contributed by atoms with E-state index in [1.807, 2.05) is 30.3 Å². The van der Waals surface area contributed by atoms with Crippen molar-refractivity contribution in [2.75, 3.05) is 21.3 Å². The van der Waals surface area contributed by atoms with Crippen LogP contribution >= 0.6 is 0 Å². The molecule has 0 unspecified atom stereocenters. The van der Waals surface area contributed by atoms with Crippen LogP contribution in [-0.2, 0) is 12.8 Å². The predicted octanol–water partition coefficient (Wildman–Crippen LogP) is 4.37. The van der Waals surface area contributed by atoms with Crippen LogP contribution in [0.4, 0.5) is 0 Å². The molecule has 2 aromatic carbocycles. The van der Waals surface area contributed by atoms with Crippen molar-refractivity contribution in [2.45, 2.75) is 26.7 Å². The quantitative estimate of drug-likeness (QED) is 0.751. The Bertz CT molecular complexity index is 758. The van der Waals surface area contributed by atoms with Gasteiger partial charge in [0.15, 0.2) is 0 Å². The van der Waals surface area contributed by atoms with E-state index in [9.17, 15) is 0 Å². The second-order valence-corrected chi connectivity index (χ2v) is 6.35. The van der Waals surface area contributed by atoms with E-state index in [0.717, 1.165) is 40.4 Å². The Morgan fingerprint density at radius 3 is 2.00 bits per heavy atom. The predicted molar refractivity (Wildman–Crippen MR) is 98.6 cm³/mol. The number of hydrogen-bond donors (Lipinski definition) is 0. The smallest absolute Gasteiger partial charge is 0.132 e. The van der Waals surface area contributed by atoms with E-state index in [-0.39, 0.29) is 0 Å². The van der Waals surface area contributed by atoms with Gasteiger partial charge in [-0.3, -0.25) is 0 Å². The van der Waals surface area contributed by atoms with Crippen LogP contribution in [0.5, 0.6) is 17.2 Å². The number of methoxy groups -OCH3 is 3. The first kappa shape index (κ1) is 18.7. The van der Waals surface area contributed by atoms with E-state index in [0.29, 0.717) is 17.9 Å². The first-order chi connectivity index (χ1) is 12.0. The fraction of sp³-hybridized carbons (Fsp3) is 0.381. The molecule has 4 heteroatoms. The summed E-state index contributed by atoms with van der Waals surface area (Å²) in [6.45, 7) is 4.34. The largest absolute Gasteiger partial charge is 0.496 e. The molecule has 0 atom stereocenters. The molecule has 2 rings (SSSR count). The number of rotatable bonds is 7. The molecule has 0 fully saturated rings. The van der Waals surface area contributed by atoms with Crippen molar-refractivity contribution in [3.63, 3.8) is 0 Å². The molecule has 2 aromatic rings. The molecule has 0 spiro atoms. The van der Waals surface area contributed by atoms with Crippen LogP contribution in [0.3, 0.4) is 0 Å². The zero-order valence-electron chi connectivity index (χ0n) is 15.6. The van der Waals surface area contributed by atoms with Crippen LogP contribution < -0.4 is 14.2 Å². The molecule has 0 aliphatic carbocycles. The lowest BCUT2D eigenvalue weighted by atomic mass is 9.94. The Balaban J connectivity index is 2.55. The third-order valence-corrected chi connectivity index (χ3v) is 4.13. The highest BCUT2D eigenvalue weighted by atomic mass is 16.5. The summed E-state index contributed by atoms with van der Waals surface area (Å²) in [4.78, 5) is 0. The van der Waals surface area contributed by atoms with Crippen LogP contribution in [0.15, 0.2) is 30.3 Å². The van der Waals surface area contributed by atoms with Gasteiger partial charge in [0.2, 0.25) is 0 Å². The molecule has 0 aromatic heterocycles. The monoisotopic (exact) mass is 339 g/mol. The van der Waals surface area contributed by atoms with Crippen LogP contribution in [0.2, 0.25) is 0 Å². The van der Waals surface area contributed by atoms with Gasteiger partial charge in [0.25, 0.3) is 0 Å². The molecule has 0 aliphatic heterocycles. The van der Waals surface area contributed by atoms with E-state index in [1.54, 1.807) is 21.3 Å². The number of nitriles is 1. The number of hydrogen-bond acceptors (Lipinski definition) is 4. The van der Waals surface area contributed by atoms with Crippen LogP contribution in [0.25, 0.3) is 0 Å². The van der Waals surface area contributed by atoms with Crippen LogP contribution in [0, 0.1) is 17.2 Å². The minimum atomic E-state index is 0.471. The highest BCUT2D eigenvalue weighted by molar-refractivity contribution is 5.59. The van der Waals surface area contributed by atoms with Gasteiger partial charge in [-0.2, -0.15) is 5.26 Å². The van der Waals surface area contributed by atoms with Crippen molar-refractivity contribution in [1.29, 1.82) is 5.26 Å². The SMILES string of the molecule is COc1cc(OC)c(CC(C)C)c(OC)c1Cc1ccc(C#N)cc1. The average molecular weight is 339 g/mol. The Kier molecular flexibility index (Phi) is 6.30. The maximum Gasteiger partial charge on any atom is 0.132 e. The van der Waals surface area contributed by atoms with E-state index < -0.39 is 0 Å². The summed E-state index contributed by atoms with van der Waals surface area (Å²) in [5, 5.41) is 8.96. The molecular formula is C21H25NO3. The molecule has 0 bridgehead atoms. The maximum atomic E-state index is 8.96. The molecule has 0 heterocycles. The summed E-state index contributed by atoms with van der Waals surface area (Å²) in [6, 6.07) is 11.6. The van der Waals surface area contributed by atoms with Crippen molar-refractivity contribution in [2.24, 2.45) is 5.92 Å². The van der Waals surface area contributed by atoms with Gasteiger partial charge in [0, 0.05) is 23.6 Å². The highest BCUT2D eigenvalue weighted by Crippen LogP contribution is 2.41. The topological polar surface area (TPSA) is 51.5 Å². The Labute approximate surface area is 150 Å². The zero-order chi connectivity index (χ0) is 18.4. The number of benzene rings is 2. The molecular weight excluding hydrogens is 314 g/mol. The Morgan fingerprint density at radius 2 is 1.52 bits per heavy atom. The standard InChI is InChI=1S/C21H25NO3/c1-14(2)10-17-19(23-3)12-20(24-4)18(21(17)25-5)11-15-6-8-16(13-22)9-7-15/h6-9,12,14H,10-11H2,1-5H3. The normalized spacial score (nSPS) is 10.4. The van der Waals surface area contributed by atoms with Crippen molar-refractivity contribution < 1.29 is 14.2 Å².